The molecule has 0 spiro atoms. The van der Waals surface area contributed by atoms with E-state index in [0.717, 1.165) is 17.6 Å². The fourth-order valence-electron chi connectivity index (χ4n) is 2.34. The second-order valence-corrected chi connectivity index (χ2v) is 6.49. The van der Waals surface area contributed by atoms with Gasteiger partial charge in [0, 0.05) is 18.3 Å². The molecule has 2 unspecified atom stereocenters. The van der Waals surface area contributed by atoms with Crippen LogP contribution in [-0.4, -0.2) is 26.6 Å². The van der Waals surface area contributed by atoms with Crippen LogP contribution in [0, 0.1) is 0 Å². The summed E-state index contributed by atoms with van der Waals surface area (Å²) >= 11 is 8.05. The number of thioether (sulfide) groups is 1. The Labute approximate surface area is 112 Å². The molecule has 1 aliphatic rings. The molecule has 0 amide bonds. The lowest BCUT2D eigenvalue weighted by Gasteiger charge is -2.12. The molecule has 1 fully saturated rings. The Morgan fingerprint density at radius 3 is 3.06 bits per heavy atom. The average molecular weight is 274 g/mol. The maximum atomic E-state index is 5.96. The first kappa shape index (κ1) is 13.2. The summed E-state index contributed by atoms with van der Waals surface area (Å²) in [6, 6.07) is 0.648. The highest BCUT2D eigenvalue weighted by Gasteiger charge is 2.24. The molecule has 1 aliphatic carbocycles. The summed E-state index contributed by atoms with van der Waals surface area (Å²) in [7, 11) is 1.96. The predicted octanol–water partition coefficient (Wildman–Crippen LogP) is 2.84. The van der Waals surface area contributed by atoms with E-state index in [0.29, 0.717) is 11.2 Å². The van der Waals surface area contributed by atoms with Gasteiger partial charge < -0.3 is 9.88 Å². The van der Waals surface area contributed by atoms with Crippen molar-refractivity contribution in [3.63, 3.8) is 0 Å². The minimum atomic E-state index is 0.648. The first-order valence-electron chi connectivity index (χ1n) is 6.21. The maximum absolute atomic E-state index is 5.96. The monoisotopic (exact) mass is 273 g/mol. The number of nitrogens with one attached hydrogen (secondary N) is 1. The Morgan fingerprint density at radius 1 is 1.59 bits per heavy atom. The van der Waals surface area contributed by atoms with Gasteiger partial charge in [-0.1, -0.05) is 18.5 Å². The molecule has 0 aromatic carbocycles. The van der Waals surface area contributed by atoms with Gasteiger partial charge in [0.05, 0.1) is 12.7 Å². The SMILES string of the molecule is CCSC1CCC(NCc2ncc(Cl)n2C)C1. The zero-order valence-corrected chi connectivity index (χ0v) is 12.0. The molecular weight excluding hydrogens is 254 g/mol. The number of rotatable bonds is 5. The van der Waals surface area contributed by atoms with Gasteiger partial charge in [-0.25, -0.2) is 4.98 Å². The predicted molar refractivity (Wildman–Crippen MR) is 74.6 cm³/mol. The first-order chi connectivity index (χ1) is 8.20. The van der Waals surface area contributed by atoms with Crippen LogP contribution in [0.4, 0.5) is 0 Å². The van der Waals surface area contributed by atoms with Crippen molar-refractivity contribution >= 4 is 23.4 Å². The van der Waals surface area contributed by atoms with Crippen molar-refractivity contribution in [3.8, 4) is 0 Å². The lowest BCUT2D eigenvalue weighted by Crippen LogP contribution is -2.27. The van der Waals surface area contributed by atoms with Crippen molar-refractivity contribution in [2.75, 3.05) is 5.75 Å². The molecule has 2 rings (SSSR count). The van der Waals surface area contributed by atoms with Gasteiger partial charge in [0.25, 0.3) is 0 Å². The molecule has 0 radical (unpaired) electrons. The highest BCUT2D eigenvalue weighted by atomic mass is 35.5. The first-order valence-corrected chi connectivity index (χ1v) is 7.64. The Bertz CT molecular complexity index is 367. The second kappa shape index (κ2) is 6.12. The Morgan fingerprint density at radius 2 is 2.41 bits per heavy atom. The lowest BCUT2D eigenvalue weighted by molar-refractivity contribution is 0.508. The van der Waals surface area contributed by atoms with Crippen LogP contribution in [0.15, 0.2) is 6.20 Å². The van der Waals surface area contributed by atoms with Crippen molar-refractivity contribution in [1.29, 1.82) is 0 Å². The molecule has 1 saturated carbocycles. The topological polar surface area (TPSA) is 29.9 Å². The highest BCUT2D eigenvalue weighted by molar-refractivity contribution is 7.99. The number of aromatic nitrogens is 2. The molecule has 96 valence electrons. The van der Waals surface area contributed by atoms with Gasteiger partial charge in [0.1, 0.15) is 11.0 Å². The van der Waals surface area contributed by atoms with Crippen LogP contribution >= 0.6 is 23.4 Å². The Kier molecular flexibility index (Phi) is 4.77. The third-order valence-electron chi connectivity index (χ3n) is 3.36. The van der Waals surface area contributed by atoms with Crippen molar-refractivity contribution in [1.82, 2.24) is 14.9 Å². The molecular formula is C12H20ClN3S. The maximum Gasteiger partial charge on any atom is 0.128 e. The van der Waals surface area contributed by atoms with E-state index in [1.54, 1.807) is 6.20 Å². The summed E-state index contributed by atoms with van der Waals surface area (Å²) in [6.45, 7) is 3.05. The van der Waals surface area contributed by atoms with E-state index < -0.39 is 0 Å². The minimum Gasteiger partial charge on any atom is -0.321 e. The quantitative estimate of drug-likeness (QED) is 0.895. The van der Waals surface area contributed by atoms with Crippen LogP contribution in [0.2, 0.25) is 5.15 Å². The van der Waals surface area contributed by atoms with E-state index in [1.165, 1.54) is 25.0 Å². The van der Waals surface area contributed by atoms with E-state index in [4.69, 9.17) is 11.6 Å². The largest absolute Gasteiger partial charge is 0.321 e. The van der Waals surface area contributed by atoms with Crippen LogP contribution in [0.1, 0.15) is 32.0 Å². The lowest BCUT2D eigenvalue weighted by atomic mass is 10.2. The molecule has 0 aliphatic heterocycles. The fourth-order valence-corrected chi connectivity index (χ4v) is 3.63. The molecule has 5 heteroatoms. The molecule has 1 aromatic rings. The van der Waals surface area contributed by atoms with Gasteiger partial charge in [-0.2, -0.15) is 11.8 Å². The van der Waals surface area contributed by atoms with Gasteiger partial charge >= 0.3 is 0 Å². The molecule has 1 aromatic heterocycles. The smallest absolute Gasteiger partial charge is 0.128 e. The van der Waals surface area contributed by atoms with Crippen molar-refractivity contribution in [3.05, 3.63) is 17.2 Å². The van der Waals surface area contributed by atoms with Crippen LogP contribution in [0.3, 0.4) is 0 Å². The van der Waals surface area contributed by atoms with E-state index >= 15 is 0 Å². The van der Waals surface area contributed by atoms with E-state index in [1.807, 2.05) is 11.6 Å². The number of halogens is 1. The minimum absolute atomic E-state index is 0.648. The second-order valence-electron chi connectivity index (χ2n) is 4.52. The van der Waals surface area contributed by atoms with Crippen molar-refractivity contribution < 1.29 is 0 Å². The summed E-state index contributed by atoms with van der Waals surface area (Å²) in [5, 5.41) is 5.14. The zero-order chi connectivity index (χ0) is 12.3. The van der Waals surface area contributed by atoms with E-state index in [9.17, 15) is 0 Å². The van der Waals surface area contributed by atoms with Gasteiger partial charge in [0.15, 0.2) is 0 Å². The molecule has 3 nitrogen and oxygen atoms in total. The summed E-state index contributed by atoms with van der Waals surface area (Å²) in [6.07, 6.45) is 5.63. The standard InChI is InChI=1S/C12H20ClN3S/c1-3-17-10-5-4-9(6-10)14-8-12-15-7-11(13)16(12)2/h7,9-10,14H,3-6,8H2,1-2H3. The van der Waals surface area contributed by atoms with Gasteiger partial charge in [-0.05, 0) is 25.0 Å². The van der Waals surface area contributed by atoms with Crippen molar-refractivity contribution in [2.45, 2.75) is 44.0 Å². The van der Waals surface area contributed by atoms with Crippen molar-refractivity contribution in [2.24, 2.45) is 7.05 Å². The Hall–Kier alpha value is -0.190. The fraction of sp³-hybridized carbons (Fsp3) is 0.750. The highest BCUT2D eigenvalue weighted by Crippen LogP contribution is 2.29. The zero-order valence-electron chi connectivity index (χ0n) is 10.4. The summed E-state index contributed by atoms with van der Waals surface area (Å²) in [4.78, 5) is 4.29. The molecule has 1 N–H and O–H groups in total. The summed E-state index contributed by atoms with van der Waals surface area (Å²) < 4.78 is 1.93. The molecule has 17 heavy (non-hydrogen) atoms. The average Bonchev–Trinajstić information content (AvgIpc) is 2.87. The third-order valence-corrected chi connectivity index (χ3v) is 4.95. The normalized spacial score (nSPS) is 24.4. The Balaban J connectivity index is 1.78. The van der Waals surface area contributed by atoms with Gasteiger partial charge in [0.2, 0.25) is 0 Å². The number of nitrogens with zero attached hydrogens (tertiary/aromatic N) is 2. The van der Waals surface area contributed by atoms with E-state index in [2.05, 4.69) is 29.0 Å². The molecule has 2 atom stereocenters. The van der Waals surface area contributed by atoms with Crippen LogP contribution < -0.4 is 5.32 Å². The summed E-state index contributed by atoms with van der Waals surface area (Å²) in [5.74, 6) is 2.24. The van der Waals surface area contributed by atoms with Crippen LogP contribution in [-0.2, 0) is 13.6 Å². The molecule has 0 saturated heterocycles. The van der Waals surface area contributed by atoms with Crippen LogP contribution in [0.5, 0.6) is 0 Å². The number of hydrogen-bond acceptors (Lipinski definition) is 3. The van der Waals surface area contributed by atoms with Gasteiger partial charge in [-0.15, -0.1) is 0 Å². The van der Waals surface area contributed by atoms with Crippen LogP contribution in [0.25, 0.3) is 0 Å². The summed E-state index contributed by atoms with van der Waals surface area (Å²) in [5.41, 5.74) is 0. The third kappa shape index (κ3) is 3.39. The van der Waals surface area contributed by atoms with E-state index in [-0.39, 0.29) is 0 Å². The van der Waals surface area contributed by atoms with Gasteiger partial charge in [-0.3, -0.25) is 0 Å². The molecule has 0 bridgehead atoms. The number of imidazole rings is 1. The number of hydrogen-bond donors (Lipinski definition) is 1. The molecule has 1 heterocycles.